The predicted molar refractivity (Wildman–Crippen MR) is 63.1 cm³/mol. The molecule has 1 aromatic heterocycles. The average Bonchev–Trinajstić information content (AvgIpc) is 2.82. The molecule has 0 radical (unpaired) electrons. The third-order valence-electron chi connectivity index (χ3n) is 3.61. The van der Waals surface area contributed by atoms with E-state index in [0.717, 1.165) is 17.3 Å². The van der Waals surface area contributed by atoms with Crippen LogP contribution in [0.25, 0.3) is 0 Å². The Balaban J connectivity index is 2.01. The van der Waals surface area contributed by atoms with E-state index in [4.69, 9.17) is 0 Å². The fraction of sp³-hybridized carbons (Fsp3) is 0.750. The summed E-state index contributed by atoms with van der Waals surface area (Å²) in [4.78, 5) is 0. The second kappa shape index (κ2) is 4.25. The fourth-order valence-electron chi connectivity index (χ4n) is 2.57. The van der Waals surface area contributed by atoms with Crippen LogP contribution in [0, 0.1) is 19.8 Å². The van der Waals surface area contributed by atoms with E-state index in [1.807, 2.05) is 6.92 Å². The maximum Gasteiger partial charge on any atom is 0.0825 e. The van der Waals surface area contributed by atoms with Gasteiger partial charge >= 0.3 is 0 Å². The maximum absolute atomic E-state index is 4.21. The topological polar surface area (TPSA) is 40.7 Å². The lowest BCUT2D eigenvalue weighted by atomic mass is 9.99. The van der Waals surface area contributed by atoms with Crippen molar-refractivity contribution in [3.8, 4) is 0 Å². The highest BCUT2D eigenvalue weighted by atomic mass is 15.2. The molecule has 0 bridgehead atoms. The maximum atomic E-state index is 4.21. The summed E-state index contributed by atoms with van der Waals surface area (Å²) in [5, 5.41) is 10.8. The van der Waals surface area contributed by atoms with Gasteiger partial charge in [0.2, 0.25) is 0 Å². The van der Waals surface area contributed by atoms with Gasteiger partial charge in [0.1, 0.15) is 0 Å². The zero-order valence-electron chi connectivity index (χ0n) is 9.93. The summed E-state index contributed by atoms with van der Waals surface area (Å²) < 4.78 is 0. The second-order valence-corrected chi connectivity index (χ2v) is 4.79. The minimum absolute atomic E-state index is 0.572. The first-order chi connectivity index (χ1) is 7.18. The SMILES string of the molecule is Cc1n[nH]c(C)c1NC(C)C1CCCC1. The van der Waals surface area contributed by atoms with E-state index in [0.29, 0.717) is 6.04 Å². The molecule has 1 unspecified atom stereocenters. The van der Waals surface area contributed by atoms with Crippen molar-refractivity contribution in [2.75, 3.05) is 5.32 Å². The molecule has 1 heterocycles. The Bertz CT molecular complexity index is 304. The number of hydrogen-bond acceptors (Lipinski definition) is 2. The van der Waals surface area contributed by atoms with Gasteiger partial charge in [0.05, 0.1) is 17.1 Å². The highest BCUT2D eigenvalue weighted by Crippen LogP contribution is 2.30. The number of nitrogens with one attached hydrogen (secondary N) is 2. The van der Waals surface area contributed by atoms with Crippen LogP contribution >= 0.6 is 0 Å². The van der Waals surface area contributed by atoms with Crippen molar-refractivity contribution >= 4 is 5.69 Å². The Morgan fingerprint density at radius 2 is 2.00 bits per heavy atom. The van der Waals surface area contributed by atoms with Crippen molar-refractivity contribution in [3.05, 3.63) is 11.4 Å². The predicted octanol–water partition coefficient (Wildman–Crippen LogP) is 3.02. The van der Waals surface area contributed by atoms with Crippen molar-refractivity contribution in [3.63, 3.8) is 0 Å². The van der Waals surface area contributed by atoms with E-state index in [1.165, 1.54) is 31.4 Å². The lowest BCUT2D eigenvalue weighted by Gasteiger charge is -2.21. The summed E-state index contributed by atoms with van der Waals surface area (Å²) in [5.41, 5.74) is 3.43. The number of aromatic nitrogens is 2. The van der Waals surface area contributed by atoms with Crippen LogP contribution in [0.1, 0.15) is 44.0 Å². The quantitative estimate of drug-likeness (QED) is 0.800. The van der Waals surface area contributed by atoms with Crippen LogP contribution < -0.4 is 5.32 Å². The monoisotopic (exact) mass is 207 g/mol. The Labute approximate surface area is 91.7 Å². The van der Waals surface area contributed by atoms with Gasteiger partial charge in [0, 0.05) is 6.04 Å². The van der Waals surface area contributed by atoms with E-state index >= 15 is 0 Å². The van der Waals surface area contributed by atoms with Gasteiger partial charge in [0.25, 0.3) is 0 Å². The molecular formula is C12H21N3. The average molecular weight is 207 g/mol. The highest BCUT2D eigenvalue weighted by molar-refractivity contribution is 5.52. The molecule has 0 aromatic carbocycles. The van der Waals surface area contributed by atoms with Gasteiger partial charge in [-0.25, -0.2) is 0 Å². The molecule has 1 aliphatic rings. The van der Waals surface area contributed by atoms with Crippen molar-refractivity contribution < 1.29 is 0 Å². The first kappa shape index (κ1) is 10.5. The molecule has 2 rings (SSSR count). The number of aromatic amines is 1. The van der Waals surface area contributed by atoms with Crippen molar-refractivity contribution in [2.45, 2.75) is 52.5 Å². The van der Waals surface area contributed by atoms with Crippen molar-refractivity contribution in [2.24, 2.45) is 5.92 Å². The zero-order valence-corrected chi connectivity index (χ0v) is 9.93. The van der Waals surface area contributed by atoms with Crippen LogP contribution in [0.4, 0.5) is 5.69 Å². The fourth-order valence-corrected chi connectivity index (χ4v) is 2.57. The van der Waals surface area contributed by atoms with Crippen LogP contribution in [0.5, 0.6) is 0 Å². The van der Waals surface area contributed by atoms with E-state index in [1.54, 1.807) is 0 Å². The molecule has 0 saturated heterocycles. The summed E-state index contributed by atoms with van der Waals surface area (Å²) in [5.74, 6) is 0.846. The number of hydrogen-bond donors (Lipinski definition) is 2. The molecule has 1 aliphatic carbocycles. The van der Waals surface area contributed by atoms with Gasteiger partial charge in [-0.3, -0.25) is 5.10 Å². The van der Waals surface area contributed by atoms with Crippen molar-refractivity contribution in [1.82, 2.24) is 10.2 Å². The smallest absolute Gasteiger partial charge is 0.0825 e. The van der Waals surface area contributed by atoms with Gasteiger partial charge in [-0.05, 0) is 39.5 Å². The van der Waals surface area contributed by atoms with E-state index in [2.05, 4.69) is 29.4 Å². The molecule has 15 heavy (non-hydrogen) atoms. The Morgan fingerprint density at radius 1 is 1.33 bits per heavy atom. The summed E-state index contributed by atoms with van der Waals surface area (Å²) in [7, 11) is 0. The van der Waals surface area contributed by atoms with Gasteiger partial charge in [-0.1, -0.05) is 12.8 Å². The molecule has 84 valence electrons. The first-order valence-electron chi connectivity index (χ1n) is 5.96. The molecular weight excluding hydrogens is 186 g/mol. The summed E-state index contributed by atoms with van der Waals surface area (Å²) >= 11 is 0. The summed E-state index contributed by atoms with van der Waals surface area (Å²) in [6.07, 6.45) is 5.56. The lowest BCUT2D eigenvalue weighted by molar-refractivity contribution is 0.482. The van der Waals surface area contributed by atoms with Gasteiger partial charge < -0.3 is 5.32 Å². The van der Waals surface area contributed by atoms with Gasteiger partial charge in [-0.2, -0.15) is 5.10 Å². The molecule has 0 aliphatic heterocycles. The van der Waals surface area contributed by atoms with E-state index in [-0.39, 0.29) is 0 Å². The number of nitrogens with zero attached hydrogens (tertiary/aromatic N) is 1. The number of aryl methyl sites for hydroxylation is 2. The highest BCUT2D eigenvalue weighted by Gasteiger charge is 2.22. The molecule has 1 aromatic rings. The molecule has 2 N–H and O–H groups in total. The largest absolute Gasteiger partial charge is 0.379 e. The minimum Gasteiger partial charge on any atom is -0.379 e. The Morgan fingerprint density at radius 3 is 2.53 bits per heavy atom. The normalized spacial score (nSPS) is 19.4. The molecule has 3 heteroatoms. The van der Waals surface area contributed by atoms with Crippen LogP contribution in [0.3, 0.4) is 0 Å². The Hall–Kier alpha value is -0.990. The number of anilines is 1. The van der Waals surface area contributed by atoms with Crippen LogP contribution in [-0.2, 0) is 0 Å². The van der Waals surface area contributed by atoms with E-state index in [9.17, 15) is 0 Å². The van der Waals surface area contributed by atoms with Gasteiger partial charge in [-0.15, -0.1) is 0 Å². The molecule has 1 fully saturated rings. The second-order valence-electron chi connectivity index (χ2n) is 4.79. The van der Waals surface area contributed by atoms with Gasteiger partial charge in [0.15, 0.2) is 0 Å². The zero-order chi connectivity index (χ0) is 10.8. The van der Waals surface area contributed by atoms with Crippen molar-refractivity contribution in [1.29, 1.82) is 0 Å². The third kappa shape index (κ3) is 2.16. The minimum atomic E-state index is 0.572. The molecule has 1 saturated carbocycles. The van der Waals surface area contributed by atoms with Crippen LogP contribution in [-0.4, -0.2) is 16.2 Å². The first-order valence-corrected chi connectivity index (χ1v) is 5.96. The molecule has 1 atom stereocenters. The lowest BCUT2D eigenvalue weighted by Crippen LogP contribution is -2.24. The van der Waals surface area contributed by atoms with Crippen LogP contribution in [0.15, 0.2) is 0 Å². The molecule has 3 nitrogen and oxygen atoms in total. The van der Waals surface area contributed by atoms with Crippen LogP contribution in [0.2, 0.25) is 0 Å². The standard InChI is InChI=1S/C12H21N3/c1-8(11-6-4-5-7-11)13-12-9(2)14-15-10(12)3/h8,11,13H,4-7H2,1-3H3,(H,14,15). The number of H-pyrrole nitrogens is 1. The summed E-state index contributed by atoms with van der Waals surface area (Å²) in [6, 6.07) is 0.572. The van der Waals surface area contributed by atoms with E-state index < -0.39 is 0 Å². The summed E-state index contributed by atoms with van der Waals surface area (Å²) in [6.45, 7) is 6.42. The third-order valence-corrected chi connectivity index (χ3v) is 3.61. The molecule has 0 spiro atoms. The number of rotatable bonds is 3. The Kier molecular flexibility index (Phi) is 2.98. The molecule has 0 amide bonds.